The highest BCUT2D eigenvalue weighted by molar-refractivity contribution is 5.98. The second-order valence-electron chi connectivity index (χ2n) is 9.12. The topological polar surface area (TPSA) is 129 Å². The van der Waals surface area contributed by atoms with Crippen LogP contribution in [0.25, 0.3) is 0 Å². The Bertz CT molecular complexity index is 1120. The first-order valence-electron chi connectivity index (χ1n) is 13.4. The van der Waals surface area contributed by atoms with Gasteiger partial charge in [-0.2, -0.15) is 0 Å². The van der Waals surface area contributed by atoms with E-state index >= 15 is 0 Å². The molecular formula is C30H40O9. The molecule has 0 spiro atoms. The second kappa shape index (κ2) is 16.4. The molecule has 9 nitrogen and oxygen atoms in total. The maximum absolute atomic E-state index is 12.3. The summed E-state index contributed by atoms with van der Waals surface area (Å²) in [5.41, 5.74) is 2.12. The van der Waals surface area contributed by atoms with E-state index in [0.717, 1.165) is 18.4 Å². The summed E-state index contributed by atoms with van der Waals surface area (Å²) in [6.07, 6.45) is 3.20. The van der Waals surface area contributed by atoms with Gasteiger partial charge in [0, 0.05) is 17.5 Å². The molecule has 0 heterocycles. The first-order chi connectivity index (χ1) is 18.7. The zero-order valence-electron chi connectivity index (χ0n) is 23.3. The molecule has 0 unspecified atom stereocenters. The highest BCUT2D eigenvalue weighted by atomic mass is 16.5. The Morgan fingerprint density at radius 2 is 1.26 bits per heavy atom. The van der Waals surface area contributed by atoms with Gasteiger partial charge in [-0.1, -0.05) is 26.7 Å². The summed E-state index contributed by atoms with van der Waals surface area (Å²) in [5, 5.41) is 19.3. The summed E-state index contributed by atoms with van der Waals surface area (Å²) in [4.78, 5) is 34.8. The van der Waals surface area contributed by atoms with Crippen molar-refractivity contribution in [3.8, 4) is 23.0 Å². The monoisotopic (exact) mass is 544 g/mol. The minimum atomic E-state index is -0.876. The largest absolute Gasteiger partial charge is 0.507 e. The van der Waals surface area contributed by atoms with Gasteiger partial charge in [-0.15, -0.1) is 0 Å². The van der Waals surface area contributed by atoms with Crippen LogP contribution in [0.4, 0.5) is 0 Å². The fourth-order valence-corrected chi connectivity index (χ4v) is 4.12. The van der Waals surface area contributed by atoms with Gasteiger partial charge < -0.3 is 29.2 Å². The van der Waals surface area contributed by atoms with Crippen LogP contribution >= 0.6 is 0 Å². The maximum Gasteiger partial charge on any atom is 0.303 e. The minimum absolute atomic E-state index is 0.0177. The molecule has 0 aliphatic heterocycles. The first-order valence-corrected chi connectivity index (χ1v) is 13.4. The van der Waals surface area contributed by atoms with Crippen LogP contribution in [0.3, 0.4) is 0 Å². The fourth-order valence-electron chi connectivity index (χ4n) is 4.12. The van der Waals surface area contributed by atoms with Gasteiger partial charge in [0.1, 0.15) is 36.2 Å². The lowest BCUT2D eigenvalue weighted by atomic mass is 10.0. The van der Waals surface area contributed by atoms with Crippen molar-refractivity contribution in [3.05, 3.63) is 46.5 Å². The number of ketones is 2. The molecule has 0 atom stereocenters. The number of Topliss-reactive ketones (excluding diaryl/α,β-unsaturated/α-hetero) is 2. The van der Waals surface area contributed by atoms with Gasteiger partial charge >= 0.3 is 5.97 Å². The summed E-state index contributed by atoms with van der Waals surface area (Å²) in [6.45, 7) is 8.12. The number of ether oxygens (including phenoxy) is 4. The Morgan fingerprint density at radius 3 is 1.85 bits per heavy atom. The lowest BCUT2D eigenvalue weighted by Crippen LogP contribution is -2.15. The summed E-state index contributed by atoms with van der Waals surface area (Å²) in [5.74, 6) is 0.326. The number of carbonyl (C=O) groups is 3. The van der Waals surface area contributed by atoms with E-state index in [2.05, 4.69) is 0 Å². The number of aliphatic carboxylic acids is 1. The summed E-state index contributed by atoms with van der Waals surface area (Å²) in [7, 11) is 0. The molecule has 2 N–H and O–H groups in total. The van der Waals surface area contributed by atoms with E-state index < -0.39 is 5.97 Å². The molecular weight excluding hydrogens is 504 g/mol. The molecule has 9 heteroatoms. The van der Waals surface area contributed by atoms with Gasteiger partial charge in [0.05, 0.1) is 30.9 Å². The van der Waals surface area contributed by atoms with E-state index in [1.165, 1.54) is 13.8 Å². The van der Waals surface area contributed by atoms with Crippen LogP contribution in [0.1, 0.15) is 85.2 Å². The molecule has 2 aromatic rings. The third-order valence-electron chi connectivity index (χ3n) is 5.97. The van der Waals surface area contributed by atoms with E-state index in [9.17, 15) is 19.5 Å². The second-order valence-corrected chi connectivity index (χ2v) is 9.12. The summed E-state index contributed by atoms with van der Waals surface area (Å²) in [6, 6.07) is 6.65. The quantitative estimate of drug-likeness (QED) is 0.176. The van der Waals surface area contributed by atoms with E-state index in [1.54, 1.807) is 24.3 Å². The number of carboxylic acids is 1. The highest BCUT2D eigenvalue weighted by Crippen LogP contribution is 2.35. The van der Waals surface area contributed by atoms with Crippen molar-refractivity contribution < 1.29 is 43.5 Å². The van der Waals surface area contributed by atoms with Crippen molar-refractivity contribution in [1.29, 1.82) is 0 Å². The Kier molecular flexibility index (Phi) is 13.3. The Labute approximate surface area is 230 Å². The smallest absolute Gasteiger partial charge is 0.303 e. The lowest BCUT2D eigenvalue weighted by molar-refractivity contribution is -0.137. The first kappa shape index (κ1) is 31.6. The van der Waals surface area contributed by atoms with Gasteiger partial charge in [0.2, 0.25) is 0 Å². The zero-order valence-corrected chi connectivity index (χ0v) is 23.3. The van der Waals surface area contributed by atoms with E-state index in [0.29, 0.717) is 47.6 Å². The van der Waals surface area contributed by atoms with Crippen LogP contribution < -0.4 is 14.2 Å². The molecule has 0 saturated heterocycles. The molecule has 0 aromatic heterocycles. The number of benzene rings is 2. The zero-order chi connectivity index (χ0) is 28.8. The number of carboxylic acid groups (broad SMARTS) is 1. The number of hydrogen-bond acceptors (Lipinski definition) is 8. The molecule has 0 radical (unpaired) electrons. The molecule has 2 aromatic carbocycles. The maximum atomic E-state index is 12.3. The standard InChI is InChI=1S/C30H40O9/c1-5-8-24-26(13-11-22(20(3)31)29(24)35)38-18-16-36-17-19-39-30-23(21(4)32)12-14-27(25(30)9-6-2)37-15-7-10-28(33)34/h11-14,35H,5-10,15-19H2,1-4H3,(H,33,34). The molecule has 39 heavy (non-hydrogen) atoms. The highest BCUT2D eigenvalue weighted by Gasteiger charge is 2.19. The molecule has 214 valence electrons. The van der Waals surface area contributed by atoms with E-state index in [-0.39, 0.29) is 62.3 Å². The lowest BCUT2D eigenvalue weighted by Gasteiger charge is -2.19. The van der Waals surface area contributed by atoms with Crippen molar-refractivity contribution >= 4 is 17.5 Å². The number of carbonyl (C=O) groups excluding carboxylic acids is 2. The number of aromatic hydroxyl groups is 1. The molecule has 0 fully saturated rings. The van der Waals surface area contributed by atoms with Gasteiger partial charge in [0.15, 0.2) is 11.6 Å². The van der Waals surface area contributed by atoms with E-state index in [1.807, 2.05) is 13.8 Å². The van der Waals surface area contributed by atoms with Crippen molar-refractivity contribution in [2.24, 2.45) is 0 Å². The third-order valence-corrected chi connectivity index (χ3v) is 5.97. The van der Waals surface area contributed by atoms with Crippen LogP contribution in [0.15, 0.2) is 24.3 Å². The number of phenolic OH excluding ortho intramolecular Hbond substituents is 1. The van der Waals surface area contributed by atoms with Crippen molar-refractivity contribution in [2.75, 3.05) is 33.0 Å². The number of hydrogen-bond donors (Lipinski definition) is 2. The molecule has 0 aliphatic carbocycles. The van der Waals surface area contributed by atoms with Crippen LogP contribution in [-0.4, -0.2) is 60.8 Å². The molecule has 0 amide bonds. The van der Waals surface area contributed by atoms with Gasteiger partial charge in [0.25, 0.3) is 0 Å². The average molecular weight is 545 g/mol. The van der Waals surface area contributed by atoms with E-state index in [4.69, 9.17) is 24.1 Å². The SMILES string of the molecule is CCCc1c(OCCOCCOc2c(C(C)=O)ccc(OCCCC(=O)O)c2CCC)ccc(C(C)=O)c1O. The van der Waals surface area contributed by atoms with Gasteiger partial charge in [-0.3, -0.25) is 14.4 Å². The van der Waals surface area contributed by atoms with Crippen molar-refractivity contribution in [3.63, 3.8) is 0 Å². The predicted molar refractivity (Wildman–Crippen MR) is 147 cm³/mol. The van der Waals surface area contributed by atoms with Gasteiger partial charge in [-0.05, 0) is 57.4 Å². The van der Waals surface area contributed by atoms with Crippen molar-refractivity contribution in [1.82, 2.24) is 0 Å². The third kappa shape index (κ3) is 9.58. The minimum Gasteiger partial charge on any atom is -0.507 e. The van der Waals surface area contributed by atoms with Crippen LogP contribution in [0.5, 0.6) is 23.0 Å². The normalized spacial score (nSPS) is 10.8. The average Bonchev–Trinajstić information content (AvgIpc) is 2.88. The summed E-state index contributed by atoms with van der Waals surface area (Å²) >= 11 is 0. The predicted octanol–water partition coefficient (Wildman–Crippen LogP) is 5.42. The van der Waals surface area contributed by atoms with Crippen LogP contribution in [0, 0.1) is 0 Å². The summed E-state index contributed by atoms with van der Waals surface area (Å²) < 4.78 is 23.3. The number of phenols is 1. The van der Waals surface area contributed by atoms with Crippen molar-refractivity contribution in [2.45, 2.75) is 66.2 Å². The number of rotatable bonds is 19. The molecule has 0 bridgehead atoms. The molecule has 0 aliphatic rings. The Hall–Kier alpha value is -3.59. The van der Waals surface area contributed by atoms with Gasteiger partial charge in [-0.25, -0.2) is 0 Å². The van der Waals surface area contributed by atoms with Crippen LogP contribution in [-0.2, 0) is 22.4 Å². The fraction of sp³-hybridized carbons (Fsp3) is 0.500. The molecule has 2 rings (SSSR count). The molecule has 0 saturated carbocycles. The van der Waals surface area contributed by atoms with Crippen LogP contribution in [0.2, 0.25) is 0 Å². The Morgan fingerprint density at radius 1 is 0.718 bits per heavy atom. The Balaban J connectivity index is 1.96.